The summed E-state index contributed by atoms with van der Waals surface area (Å²) < 4.78 is 6.26. The summed E-state index contributed by atoms with van der Waals surface area (Å²) in [6.07, 6.45) is 4.84. The van der Waals surface area contributed by atoms with E-state index in [1.165, 1.54) is 22.3 Å². The van der Waals surface area contributed by atoms with Gasteiger partial charge in [-0.15, -0.1) is 0 Å². The van der Waals surface area contributed by atoms with E-state index in [4.69, 9.17) is 4.74 Å². The van der Waals surface area contributed by atoms with Crippen LogP contribution < -0.4 is 10.1 Å². The van der Waals surface area contributed by atoms with E-state index in [2.05, 4.69) is 102 Å². The molecule has 1 heterocycles. The number of anilines is 1. The first kappa shape index (κ1) is 23.4. The summed E-state index contributed by atoms with van der Waals surface area (Å²) in [5.74, 6) is 0.830. The molecule has 0 atom stereocenters. The van der Waals surface area contributed by atoms with Crippen LogP contribution in [0.1, 0.15) is 23.6 Å². The lowest BCUT2D eigenvalue weighted by Gasteiger charge is -2.17. The van der Waals surface area contributed by atoms with Crippen molar-refractivity contribution in [1.82, 2.24) is 4.98 Å². The van der Waals surface area contributed by atoms with Crippen molar-refractivity contribution < 1.29 is 4.74 Å². The summed E-state index contributed by atoms with van der Waals surface area (Å²) in [4.78, 5) is 4.45. The zero-order valence-corrected chi connectivity index (χ0v) is 20.5. The SMILES string of the molecule is CCc1ccc(-c2ccncc2-c2ccc(OCc3ccccc3)c(NCc3ccccc3)c2)cc1. The molecular formula is C33H30N2O. The fourth-order valence-electron chi connectivity index (χ4n) is 4.29. The first-order chi connectivity index (χ1) is 17.8. The van der Waals surface area contributed by atoms with Gasteiger partial charge in [-0.25, -0.2) is 0 Å². The number of benzene rings is 4. The van der Waals surface area contributed by atoms with E-state index in [9.17, 15) is 0 Å². The smallest absolute Gasteiger partial charge is 0.142 e. The molecule has 0 unspecified atom stereocenters. The Balaban J connectivity index is 1.48. The molecular weight excluding hydrogens is 440 g/mol. The fraction of sp³-hybridized carbons (Fsp3) is 0.121. The van der Waals surface area contributed by atoms with Crippen molar-refractivity contribution in [3.8, 4) is 28.0 Å². The standard InChI is InChI=1S/C33H30N2O/c1-2-25-13-15-28(16-14-25)30-19-20-34-23-31(30)29-17-18-33(36-24-27-11-7-4-8-12-27)32(21-29)35-22-26-9-5-3-6-10-26/h3-21,23,35H,2,22,24H2,1H3. The number of ether oxygens (including phenoxy) is 1. The van der Waals surface area contributed by atoms with Crippen LogP contribution in [0.2, 0.25) is 0 Å². The van der Waals surface area contributed by atoms with Gasteiger partial charge in [0.1, 0.15) is 12.4 Å². The Labute approximate surface area is 213 Å². The molecule has 5 aromatic rings. The van der Waals surface area contributed by atoms with Crippen molar-refractivity contribution in [2.24, 2.45) is 0 Å². The molecule has 3 heteroatoms. The van der Waals surface area contributed by atoms with E-state index in [1.807, 2.05) is 36.7 Å². The first-order valence-electron chi connectivity index (χ1n) is 12.4. The van der Waals surface area contributed by atoms with E-state index in [0.29, 0.717) is 13.2 Å². The van der Waals surface area contributed by atoms with Gasteiger partial charge >= 0.3 is 0 Å². The molecule has 0 aliphatic rings. The summed E-state index contributed by atoms with van der Waals surface area (Å²) in [5.41, 5.74) is 9.20. The molecule has 36 heavy (non-hydrogen) atoms. The minimum atomic E-state index is 0.516. The second-order valence-corrected chi connectivity index (χ2v) is 8.80. The summed E-state index contributed by atoms with van der Waals surface area (Å²) in [7, 11) is 0. The fourth-order valence-corrected chi connectivity index (χ4v) is 4.29. The Morgan fingerprint density at radius 2 is 1.36 bits per heavy atom. The summed E-state index contributed by atoms with van der Waals surface area (Å²) in [5, 5.41) is 3.60. The first-order valence-corrected chi connectivity index (χ1v) is 12.4. The van der Waals surface area contributed by atoms with E-state index in [-0.39, 0.29) is 0 Å². The Kier molecular flexibility index (Phi) is 7.38. The van der Waals surface area contributed by atoms with Crippen LogP contribution in [0.3, 0.4) is 0 Å². The maximum atomic E-state index is 6.26. The molecule has 0 aliphatic carbocycles. The van der Waals surface area contributed by atoms with Crippen LogP contribution in [-0.4, -0.2) is 4.98 Å². The van der Waals surface area contributed by atoms with Crippen molar-refractivity contribution in [2.75, 3.05) is 5.32 Å². The van der Waals surface area contributed by atoms with Crippen LogP contribution in [0.5, 0.6) is 5.75 Å². The van der Waals surface area contributed by atoms with Crippen LogP contribution in [0, 0.1) is 0 Å². The predicted molar refractivity (Wildman–Crippen MR) is 149 cm³/mol. The van der Waals surface area contributed by atoms with Gasteiger partial charge in [0, 0.05) is 24.5 Å². The number of rotatable bonds is 9. The third kappa shape index (κ3) is 5.64. The van der Waals surface area contributed by atoms with Gasteiger partial charge in [-0.2, -0.15) is 0 Å². The molecule has 1 N–H and O–H groups in total. The van der Waals surface area contributed by atoms with Crippen molar-refractivity contribution in [3.05, 3.63) is 138 Å². The Bertz CT molecular complexity index is 1400. The van der Waals surface area contributed by atoms with Gasteiger partial charge in [-0.1, -0.05) is 97.9 Å². The van der Waals surface area contributed by atoms with E-state index in [0.717, 1.165) is 34.5 Å². The van der Waals surface area contributed by atoms with Gasteiger partial charge in [0.05, 0.1) is 5.69 Å². The number of hydrogen-bond donors (Lipinski definition) is 1. The van der Waals surface area contributed by atoms with Gasteiger partial charge in [-0.3, -0.25) is 4.98 Å². The lowest BCUT2D eigenvalue weighted by molar-refractivity contribution is 0.307. The average Bonchev–Trinajstić information content (AvgIpc) is 2.96. The number of pyridine rings is 1. The Hall–Kier alpha value is -4.37. The minimum Gasteiger partial charge on any atom is -0.487 e. The molecule has 0 aliphatic heterocycles. The number of aryl methyl sites for hydroxylation is 1. The second kappa shape index (κ2) is 11.4. The van der Waals surface area contributed by atoms with Crippen molar-refractivity contribution in [2.45, 2.75) is 26.5 Å². The number of hydrogen-bond acceptors (Lipinski definition) is 3. The minimum absolute atomic E-state index is 0.516. The number of nitrogens with one attached hydrogen (secondary N) is 1. The normalized spacial score (nSPS) is 10.7. The quantitative estimate of drug-likeness (QED) is 0.236. The molecule has 0 fully saturated rings. The molecule has 0 amide bonds. The Morgan fingerprint density at radius 1 is 0.667 bits per heavy atom. The van der Waals surface area contributed by atoms with Crippen molar-refractivity contribution in [1.29, 1.82) is 0 Å². The maximum Gasteiger partial charge on any atom is 0.142 e. The van der Waals surface area contributed by atoms with Gasteiger partial charge in [-0.05, 0) is 58.0 Å². The third-order valence-electron chi connectivity index (χ3n) is 6.35. The average molecular weight is 471 g/mol. The lowest BCUT2D eigenvalue weighted by atomic mass is 9.95. The second-order valence-electron chi connectivity index (χ2n) is 8.80. The van der Waals surface area contributed by atoms with Gasteiger partial charge in [0.25, 0.3) is 0 Å². The highest BCUT2D eigenvalue weighted by Gasteiger charge is 2.12. The van der Waals surface area contributed by atoms with Crippen molar-refractivity contribution in [3.63, 3.8) is 0 Å². The highest BCUT2D eigenvalue weighted by Crippen LogP contribution is 2.36. The van der Waals surface area contributed by atoms with E-state index >= 15 is 0 Å². The van der Waals surface area contributed by atoms with Crippen LogP contribution in [-0.2, 0) is 19.6 Å². The molecule has 1 aromatic heterocycles. The number of aromatic nitrogens is 1. The highest BCUT2D eigenvalue weighted by molar-refractivity contribution is 5.84. The molecule has 3 nitrogen and oxygen atoms in total. The van der Waals surface area contributed by atoms with Crippen LogP contribution in [0.25, 0.3) is 22.3 Å². The summed E-state index contributed by atoms with van der Waals surface area (Å²) in [6, 6.07) is 37.9. The van der Waals surface area contributed by atoms with Gasteiger partial charge < -0.3 is 10.1 Å². The molecule has 0 saturated carbocycles. The predicted octanol–water partition coefficient (Wildman–Crippen LogP) is 8.17. The molecule has 4 aromatic carbocycles. The summed E-state index contributed by atoms with van der Waals surface area (Å²) in [6.45, 7) is 3.41. The molecule has 0 saturated heterocycles. The van der Waals surface area contributed by atoms with E-state index < -0.39 is 0 Å². The molecule has 5 rings (SSSR count). The van der Waals surface area contributed by atoms with Crippen molar-refractivity contribution >= 4 is 5.69 Å². The van der Waals surface area contributed by atoms with E-state index in [1.54, 1.807) is 0 Å². The Morgan fingerprint density at radius 3 is 2.08 bits per heavy atom. The lowest BCUT2D eigenvalue weighted by Crippen LogP contribution is -2.03. The molecule has 0 spiro atoms. The van der Waals surface area contributed by atoms with Crippen LogP contribution in [0.4, 0.5) is 5.69 Å². The monoisotopic (exact) mass is 470 g/mol. The van der Waals surface area contributed by atoms with Gasteiger partial charge in [0.15, 0.2) is 0 Å². The molecule has 0 radical (unpaired) electrons. The zero-order chi connectivity index (χ0) is 24.6. The maximum absolute atomic E-state index is 6.26. The third-order valence-corrected chi connectivity index (χ3v) is 6.35. The molecule has 178 valence electrons. The van der Waals surface area contributed by atoms with Crippen LogP contribution in [0.15, 0.2) is 122 Å². The molecule has 0 bridgehead atoms. The van der Waals surface area contributed by atoms with Crippen LogP contribution >= 0.6 is 0 Å². The summed E-state index contributed by atoms with van der Waals surface area (Å²) >= 11 is 0. The number of nitrogens with zero attached hydrogens (tertiary/aromatic N) is 1. The topological polar surface area (TPSA) is 34.1 Å². The van der Waals surface area contributed by atoms with Gasteiger partial charge in [0.2, 0.25) is 0 Å². The highest BCUT2D eigenvalue weighted by atomic mass is 16.5. The largest absolute Gasteiger partial charge is 0.487 e. The zero-order valence-electron chi connectivity index (χ0n) is 20.5.